The van der Waals surface area contributed by atoms with Gasteiger partial charge in [0.15, 0.2) is 0 Å². The van der Waals surface area contributed by atoms with Crippen molar-refractivity contribution < 1.29 is 23.5 Å². The van der Waals surface area contributed by atoms with Crippen molar-refractivity contribution in [3.63, 3.8) is 0 Å². The number of nitrogens with one attached hydrogen (secondary N) is 1. The largest absolute Gasteiger partial charge is 0.497 e. The minimum Gasteiger partial charge on any atom is -0.497 e. The molecule has 1 fully saturated rings. The van der Waals surface area contributed by atoms with Gasteiger partial charge in [-0.2, -0.15) is 0 Å². The molecular weight excluding hydrogens is 666 g/mol. The molecule has 256 valence electrons. The minimum absolute atomic E-state index is 0.0115. The zero-order valence-electron chi connectivity index (χ0n) is 27.7. The number of ether oxygens (including phenoxy) is 2. The van der Waals surface area contributed by atoms with Crippen LogP contribution in [0.5, 0.6) is 5.75 Å². The fourth-order valence-corrected chi connectivity index (χ4v) is 6.98. The molecule has 11 heteroatoms. The van der Waals surface area contributed by atoms with Crippen molar-refractivity contribution in [2.45, 2.75) is 37.3 Å². The van der Waals surface area contributed by atoms with E-state index in [9.17, 15) is 9.59 Å². The summed E-state index contributed by atoms with van der Waals surface area (Å²) >= 11 is 12.5. The van der Waals surface area contributed by atoms with Gasteiger partial charge in [0.1, 0.15) is 11.6 Å². The topological polar surface area (TPSA) is 83.5 Å². The number of hydrogen-bond acceptors (Lipinski definition) is 7. The Bertz CT molecular complexity index is 1820. The first-order valence-corrected chi connectivity index (χ1v) is 16.7. The Morgan fingerprint density at radius 2 is 1.82 bits per heavy atom. The zero-order valence-corrected chi connectivity index (χ0v) is 29.2. The van der Waals surface area contributed by atoms with Gasteiger partial charge in [-0.3, -0.25) is 14.7 Å². The number of halogens is 3. The van der Waals surface area contributed by atoms with Crippen molar-refractivity contribution in [3.8, 4) is 5.75 Å². The molecule has 4 aromatic carbocycles. The molecule has 1 aliphatic rings. The highest BCUT2D eigenvalue weighted by atomic mass is 35.5. The molecule has 0 bridgehead atoms. The van der Waals surface area contributed by atoms with Gasteiger partial charge in [-0.1, -0.05) is 53.5 Å². The Balaban J connectivity index is 1.48. The summed E-state index contributed by atoms with van der Waals surface area (Å²) in [6.07, 6.45) is 1.79. The summed E-state index contributed by atoms with van der Waals surface area (Å²) in [5, 5.41) is 3.55. The predicted molar refractivity (Wildman–Crippen MR) is 195 cm³/mol. The molecule has 4 aromatic rings. The summed E-state index contributed by atoms with van der Waals surface area (Å²) in [6, 6.07) is 24.1. The number of aliphatic imine (C=N–C) groups is 1. The maximum absolute atomic E-state index is 15.7. The zero-order chi connectivity index (χ0) is 35.1. The Morgan fingerprint density at radius 3 is 2.55 bits per heavy atom. The molecule has 0 radical (unpaired) electrons. The second-order valence-corrected chi connectivity index (χ2v) is 12.8. The van der Waals surface area contributed by atoms with Gasteiger partial charge < -0.3 is 19.7 Å². The van der Waals surface area contributed by atoms with E-state index >= 15 is 4.39 Å². The summed E-state index contributed by atoms with van der Waals surface area (Å²) in [7, 11) is 4.90. The highest BCUT2D eigenvalue weighted by Gasteiger charge is 2.46. The van der Waals surface area contributed by atoms with Crippen molar-refractivity contribution >= 4 is 58.9 Å². The second-order valence-electron chi connectivity index (χ2n) is 12.0. The van der Waals surface area contributed by atoms with E-state index in [1.807, 2.05) is 42.3 Å². The molecule has 1 N–H and O–H groups in total. The van der Waals surface area contributed by atoms with Crippen LogP contribution in [0, 0.1) is 5.82 Å². The molecule has 3 atom stereocenters. The predicted octanol–water partition coefficient (Wildman–Crippen LogP) is 8.19. The van der Waals surface area contributed by atoms with Crippen LogP contribution in [-0.4, -0.2) is 69.9 Å². The number of esters is 1. The van der Waals surface area contributed by atoms with Crippen LogP contribution in [0.1, 0.15) is 40.2 Å². The number of anilines is 2. The molecule has 1 amide bonds. The van der Waals surface area contributed by atoms with Gasteiger partial charge in [0.25, 0.3) is 0 Å². The molecule has 5 rings (SSSR count). The first-order chi connectivity index (χ1) is 23.6. The van der Waals surface area contributed by atoms with E-state index < -0.39 is 23.7 Å². The van der Waals surface area contributed by atoms with E-state index in [4.69, 9.17) is 32.7 Å². The number of nitrogens with zero attached hydrogens (tertiary/aromatic N) is 3. The number of hydrogen-bond donors (Lipinski definition) is 1. The van der Waals surface area contributed by atoms with Crippen LogP contribution in [0.2, 0.25) is 10.0 Å². The molecule has 0 aromatic heterocycles. The van der Waals surface area contributed by atoms with Gasteiger partial charge in [0, 0.05) is 42.8 Å². The molecule has 1 saturated heterocycles. The van der Waals surface area contributed by atoms with E-state index in [1.165, 1.54) is 13.2 Å². The van der Waals surface area contributed by atoms with Crippen LogP contribution in [0.3, 0.4) is 0 Å². The third-order valence-corrected chi connectivity index (χ3v) is 9.57. The van der Waals surface area contributed by atoms with Gasteiger partial charge in [-0.15, -0.1) is 0 Å². The van der Waals surface area contributed by atoms with Crippen molar-refractivity contribution in [3.05, 3.63) is 117 Å². The molecule has 49 heavy (non-hydrogen) atoms. The van der Waals surface area contributed by atoms with E-state index in [1.54, 1.807) is 55.6 Å². The quantitative estimate of drug-likeness (QED) is 0.112. The van der Waals surface area contributed by atoms with Gasteiger partial charge in [-0.05, 0) is 91.7 Å². The molecule has 8 nitrogen and oxygen atoms in total. The van der Waals surface area contributed by atoms with Crippen molar-refractivity contribution in [1.29, 1.82) is 0 Å². The fraction of sp³-hybridized carbons (Fsp3) is 0.289. The molecule has 1 aliphatic heterocycles. The van der Waals surface area contributed by atoms with E-state index in [2.05, 4.69) is 21.9 Å². The lowest BCUT2D eigenvalue weighted by Gasteiger charge is -2.32. The van der Waals surface area contributed by atoms with Gasteiger partial charge in [0.05, 0.1) is 42.2 Å². The average molecular weight is 706 g/mol. The minimum atomic E-state index is -0.711. The number of carbonyl (C=O) groups excluding carboxylic acids is 2. The fourth-order valence-electron chi connectivity index (χ4n) is 6.61. The van der Waals surface area contributed by atoms with Crippen molar-refractivity contribution in [1.82, 2.24) is 4.90 Å². The SMILES string of the molecule is C=Nc1cc(C(=O)OC)ccc1N(C)CC[C@H]1CC(c2cccc(Cl)c2F)C(C(=O)Nc2cccc(Cl)c2)N1CCc1cccc(OC)c1. The van der Waals surface area contributed by atoms with Gasteiger partial charge >= 0.3 is 5.97 Å². The molecule has 1 heterocycles. The number of carbonyl (C=O) groups is 2. The third kappa shape index (κ3) is 8.41. The van der Waals surface area contributed by atoms with Crippen molar-refractivity contribution in [2.75, 3.05) is 44.6 Å². The van der Waals surface area contributed by atoms with E-state index in [-0.39, 0.29) is 17.0 Å². The number of benzene rings is 4. The lowest BCUT2D eigenvalue weighted by Crippen LogP contribution is -2.46. The third-order valence-electron chi connectivity index (χ3n) is 9.04. The highest BCUT2D eigenvalue weighted by molar-refractivity contribution is 6.31. The summed E-state index contributed by atoms with van der Waals surface area (Å²) < 4.78 is 26.0. The van der Waals surface area contributed by atoms with Crippen LogP contribution < -0.4 is 15.0 Å². The maximum Gasteiger partial charge on any atom is 0.337 e. The Hall–Kier alpha value is -4.44. The van der Waals surface area contributed by atoms with E-state index in [0.717, 1.165) is 17.0 Å². The van der Waals surface area contributed by atoms with Crippen LogP contribution in [0.25, 0.3) is 0 Å². The van der Waals surface area contributed by atoms with Crippen LogP contribution >= 0.6 is 23.2 Å². The maximum atomic E-state index is 15.7. The summed E-state index contributed by atoms with van der Waals surface area (Å²) in [4.78, 5) is 34.8. The van der Waals surface area contributed by atoms with Gasteiger partial charge in [-0.25, -0.2) is 9.18 Å². The second kappa shape index (κ2) is 16.3. The average Bonchev–Trinajstić information content (AvgIpc) is 3.48. The lowest BCUT2D eigenvalue weighted by atomic mass is 9.89. The normalized spacial score (nSPS) is 17.4. The Morgan fingerprint density at radius 1 is 1.04 bits per heavy atom. The molecular formula is C38H39Cl2FN4O4. The molecule has 2 unspecified atom stereocenters. The molecule has 0 aliphatic carbocycles. The van der Waals surface area contributed by atoms with Crippen LogP contribution in [0.4, 0.5) is 21.5 Å². The van der Waals surface area contributed by atoms with Gasteiger partial charge in [0.2, 0.25) is 5.91 Å². The number of methoxy groups -OCH3 is 2. The van der Waals surface area contributed by atoms with Crippen molar-refractivity contribution in [2.24, 2.45) is 4.99 Å². The Labute approximate surface area is 296 Å². The smallest absolute Gasteiger partial charge is 0.337 e. The number of amides is 1. The first kappa shape index (κ1) is 35.9. The summed E-state index contributed by atoms with van der Waals surface area (Å²) in [6.45, 7) is 4.80. The number of likely N-dealkylation sites (tertiary alicyclic amines) is 1. The van der Waals surface area contributed by atoms with Crippen LogP contribution in [-0.2, 0) is 16.0 Å². The lowest BCUT2D eigenvalue weighted by molar-refractivity contribution is -0.121. The summed E-state index contributed by atoms with van der Waals surface area (Å²) in [5.74, 6) is -0.977. The Kier molecular flexibility index (Phi) is 11.9. The van der Waals surface area contributed by atoms with E-state index in [0.29, 0.717) is 59.9 Å². The monoisotopic (exact) mass is 704 g/mol. The first-order valence-electron chi connectivity index (χ1n) is 15.9. The van der Waals surface area contributed by atoms with Crippen LogP contribution in [0.15, 0.2) is 89.9 Å². The number of rotatable bonds is 13. The summed E-state index contributed by atoms with van der Waals surface area (Å²) in [5.41, 5.74) is 3.72. The molecule has 0 saturated carbocycles. The standard InChI is InChI=1S/C38H39Cl2FN4O4/c1-42-33-21-25(38(47)49-4)14-15-34(33)44(2)18-17-28-23-31(30-12-7-13-32(40)35(30)41)36(37(46)43-27-10-6-9-26(39)22-27)45(28)19-16-24-8-5-11-29(20-24)48-3/h5-15,20-22,28,31,36H,1,16-19,23H2,2-4H3,(H,43,46)/t28-,31?,36?/m0/s1. The highest BCUT2D eigenvalue weighted by Crippen LogP contribution is 2.42. The molecule has 0 spiro atoms.